The smallest absolute Gasteiger partial charge is 0.272 e. The fraction of sp³-hybridized carbons (Fsp3) is 0.333. The zero-order chi connectivity index (χ0) is 14.0. The third kappa shape index (κ3) is 2.93. The molecule has 0 bridgehead atoms. The SMILES string of the molecule is Cc1cc(C(=O)NC2CCSC2=O)ccc1[N+](=O)[O-]. The van der Waals surface area contributed by atoms with Crippen LogP contribution in [-0.4, -0.2) is 27.7 Å². The van der Waals surface area contributed by atoms with Crippen LogP contribution in [-0.2, 0) is 4.79 Å². The van der Waals surface area contributed by atoms with Gasteiger partial charge in [0.2, 0.25) is 5.12 Å². The second-order valence-corrected chi connectivity index (χ2v) is 5.34. The number of carbonyl (C=O) groups excluding carboxylic acids is 2. The van der Waals surface area contributed by atoms with Crippen LogP contribution >= 0.6 is 11.8 Å². The summed E-state index contributed by atoms with van der Waals surface area (Å²) in [5.74, 6) is 0.335. The maximum atomic E-state index is 11.9. The van der Waals surface area contributed by atoms with Crippen LogP contribution in [0.25, 0.3) is 0 Å². The summed E-state index contributed by atoms with van der Waals surface area (Å²) in [6.45, 7) is 1.57. The van der Waals surface area contributed by atoms with Crippen molar-refractivity contribution in [3.8, 4) is 0 Å². The van der Waals surface area contributed by atoms with Crippen molar-refractivity contribution in [2.45, 2.75) is 19.4 Å². The van der Waals surface area contributed by atoms with Crippen LogP contribution in [0.15, 0.2) is 18.2 Å². The molecule has 1 aromatic rings. The van der Waals surface area contributed by atoms with E-state index >= 15 is 0 Å². The topological polar surface area (TPSA) is 89.3 Å². The second kappa shape index (κ2) is 5.40. The van der Waals surface area contributed by atoms with Crippen LogP contribution in [0, 0.1) is 17.0 Å². The first kappa shape index (κ1) is 13.5. The van der Waals surface area contributed by atoms with Crippen LogP contribution in [0.1, 0.15) is 22.3 Å². The maximum absolute atomic E-state index is 11.9. The minimum absolute atomic E-state index is 0.0240. The van der Waals surface area contributed by atoms with E-state index in [-0.39, 0.29) is 16.7 Å². The molecule has 0 aliphatic carbocycles. The molecule has 19 heavy (non-hydrogen) atoms. The van der Waals surface area contributed by atoms with Crippen LogP contribution in [0.5, 0.6) is 0 Å². The number of nitro benzene ring substituents is 1. The molecule has 1 fully saturated rings. The number of amides is 1. The highest BCUT2D eigenvalue weighted by Crippen LogP contribution is 2.21. The predicted octanol–water partition coefficient (Wildman–Crippen LogP) is 1.67. The van der Waals surface area contributed by atoms with E-state index in [0.717, 1.165) is 0 Å². The molecule has 7 heteroatoms. The zero-order valence-corrected chi connectivity index (χ0v) is 11.0. The molecule has 1 atom stereocenters. The Hall–Kier alpha value is -1.89. The molecule has 1 aliphatic rings. The van der Waals surface area contributed by atoms with Gasteiger partial charge < -0.3 is 5.32 Å². The van der Waals surface area contributed by atoms with Crippen molar-refractivity contribution in [2.75, 3.05) is 5.75 Å². The lowest BCUT2D eigenvalue weighted by molar-refractivity contribution is -0.385. The molecule has 0 radical (unpaired) electrons. The van der Waals surface area contributed by atoms with E-state index in [9.17, 15) is 19.7 Å². The summed E-state index contributed by atoms with van der Waals surface area (Å²) in [6, 6.07) is 3.70. The van der Waals surface area contributed by atoms with Gasteiger partial charge in [0.15, 0.2) is 0 Å². The number of benzene rings is 1. The molecule has 0 aromatic heterocycles. The van der Waals surface area contributed by atoms with Gasteiger partial charge in [-0.2, -0.15) is 0 Å². The summed E-state index contributed by atoms with van der Waals surface area (Å²) in [6.07, 6.45) is 0.626. The fourth-order valence-corrected chi connectivity index (χ4v) is 2.80. The summed E-state index contributed by atoms with van der Waals surface area (Å²) in [4.78, 5) is 33.5. The fourth-order valence-electron chi connectivity index (χ4n) is 1.87. The van der Waals surface area contributed by atoms with E-state index in [1.54, 1.807) is 6.92 Å². The minimum atomic E-state index is -0.492. The van der Waals surface area contributed by atoms with Gasteiger partial charge in [-0.25, -0.2) is 0 Å². The molecular weight excluding hydrogens is 268 g/mol. The highest BCUT2D eigenvalue weighted by atomic mass is 32.2. The number of carbonyl (C=O) groups is 2. The first-order valence-electron chi connectivity index (χ1n) is 5.71. The second-order valence-electron chi connectivity index (χ2n) is 4.24. The van der Waals surface area contributed by atoms with Crippen molar-refractivity contribution in [3.63, 3.8) is 0 Å². The Morgan fingerprint density at radius 2 is 2.26 bits per heavy atom. The van der Waals surface area contributed by atoms with Crippen LogP contribution in [0.2, 0.25) is 0 Å². The number of aryl methyl sites for hydroxylation is 1. The van der Waals surface area contributed by atoms with Gasteiger partial charge in [-0.15, -0.1) is 0 Å². The quantitative estimate of drug-likeness (QED) is 0.672. The van der Waals surface area contributed by atoms with E-state index in [2.05, 4.69) is 5.32 Å². The van der Waals surface area contributed by atoms with E-state index in [0.29, 0.717) is 23.3 Å². The molecule has 0 spiro atoms. The summed E-state index contributed by atoms with van der Waals surface area (Å²) < 4.78 is 0. The molecule has 1 N–H and O–H groups in total. The predicted molar refractivity (Wildman–Crippen MR) is 71.2 cm³/mol. The molecule has 6 nitrogen and oxygen atoms in total. The molecule has 1 unspecified atom stereocenters. The average molecular weight is 280 g/mol. The Balaban J connectivity index is 2.13. The Morgan fingerprint density at radius 3 is 2.79 bits per heavy atom. The van der Waals surface area contributed by atoms with Crippen LogP contribution < -0.4 is 5.32 Å². The lowest BCUT2D eigenvalue weighted by Crippen LogP contribution is -2.37. The third-order valence-corrected chi connectivity index (χ3v) is 3.91. The van der Waals surface area contributed by atoms with E-state index in [4.69, 9.17) is 0 Å². The number of nitrogens with one attached hydrogen (secondary N) is 1. The molecule has 2 rings (SSSR count). The maximum Gasteiger partial charge on any atom is 0.272 e. The Bertz CT molecular complexity index is 559. The Labute approximate surface area is 113 Å². The van der Waals surface area contributed by atoms with E-state index in [1.807, 2.05) is 0 Å². The van der Waals surface area contributed by atoms with Crippen LogP contribution in [0.3, 0.4) is 0 Å². The monoisotopic (exact) mass is 280 g/mol. The number of nitro groups is 1. The van der Waals surface area contributed by atoms with E-state index < -0.39 is 11.0 Å². The van der Waals surface area contributed by atoms with Gasteiger partial charge in [-0.05, 0) is 25.5 Å². The van der Waals surface area contributed by atoms with Gasteiger partial charge >= 0.3 is 0 Å². The molecule has 100 valence electrons. The molecule has 1 heterocycles. The normalized spacial score (nSPS) is 18.4. The van der Waals surface area contributed by atoms with Gasteiger partial charge in [-0.1, -0.05) is 11.8 Å². The number of thioether (sulfide) groups is 1. The number of rotatable bonds is 3. The molecular formula is C12H12N2O4S. The van der Waals surface area contributed by atoms with Crippen molar-refractivity contribution >= 4 is 28.5 Å². The highest BCUT2D eigenvalue weighted by Gasteiger charge is 2.27. The lowest BCUT2D eigenvalue weighted by Gasteiger charge is -2.10. The molecule has 0 saturated carbocycles. The largest absolute Gasteiger partial charge is 0.341 e. The van der Waals surface area contributed by atoms with Crippen molar-refractivity contribution in [2.24, 2.45) is 0 Å². The Morgan fingerprint density at radius 1 is 1.53 bits per heavy atom. The van der Waals surface area contributed by atoms with Gasteiger partial charge in [0.1, 0.15) is 0 Å². The number of nitrogens with zero attached hydrogens (tertiary/aromatic N) is 1. The number of hydrogen-bond acceptors (Lipinski definition) is 5. The summed E-state index contributed by atoms with van der Waals surface area (Å²) in [5, 5.41) is 13.3. The van der Waals surface area contributed by atoms with Gasteiger partial charge in [0.25, 0.3) is 11.6 Å². The molecule has 1 aliphatic heterocycles. The summed E-state index contributed by atoms with van der Waals surface area (Å²) >= 11 is 1.21. The summed E-state index contributed by atoms with van der Waals surface area (Å²) in [5.41, 5.74) is 0.724. The van der Waals surface area contributed by atoms with Crippen molar-refractivity contribution in [1.82, 2.24) is 5.32 Å². The minimum Gasteiger partial charge on any atom is -0.341 e. The zero-order valence-electron chi connectivity index (χ0n) is 10.2. The van der Waals surface area contributed by atoms with Gasteiger partial charge in [-0.3, -0.25) is 19.7 Å². The molecule has 1 aromatic carbocycles. The van der Waals surface area contributed by atoms with Crippen molar-refractivity contribution in [1.29, 1.82) is 0 Å². The van der Waals surface area contributed by atoms with Crippen LogP contribution in [0.4, 0.5) is 5.69 Å². The van der Waals surface area contributed by atoms with Gasteiger partial charge in [0, 0.05) is 22.9 Å². The highest BCUT2D eigenvalue weighted by molar-refractivity contribution is 8.14. The average Bonchev–Trinajstić information content (AvgIpc) is 2.74. The van der Waals surface area contributed by atoms with E-state index in [1.165, 1.54) is 30.0 Å². The lowest BCUT2D eigenvalue weighted by atomic mass is 10.1. The first-order chi connectivity index (χ1) is 8.99. The third-order valence-electron chi connectivity index (χ3n) is 2.90. The molecule has 1 amide bonds. The standard InChI is InChI=1S/C12H12N2O4S/c1-7-6-8(2-3-10(7)14(17)18)11(15)13-9-4-5-19-12(9)16/h2-3,6,9H,4-5H2,1H3,(H,13,15). The van der Waals surface area contributed by atoms with Crippen molar-refractivity contribution < 1.29 is 14.5 Å². The number of hydrogen-bond donors (Lipinski definition) is 1. The summed E-state index contributed by atoms with van der Waals surface area (Å²) in [7, 11) is 0. The Kier molecular flexibility index (Phi) is 3.84. The first-order valence-corrected chi connectivity index (χ1v) is 6.70. The molecule has 1 saturated heterocycles. The van der Waals surface area contributed by atoms with Crippen molar-refractivity contribution in [3.05, 3.63) is 39.4 Å². The van der Waals surface area contributed by atoms with Gasteiger partial charge in [0.05, 0.1) is 11.0 Å².